The number of hydrogen-bond donors (Lipinski definition) is 0. The van der Waals surface area contributed by atoms with Crippen LogP contribution in [0.5, 0.6) is 0 Å². The van der Waals surface area contributed by atoms with Crippen molar-refractivity contribution in [3.8, 4) is 0 Å². The minimum atomic E-state index is 0.578. The molecule has 0 bridgehead atoms. The van der Waals surface area contributed by atoms with Gasteiger partial charge in [0.15, 0.2) is 5.58 Å². The summed E-state index contributed by atoms with van der Waals surface area (Å²) < 4.78 is 13.2. The van der Waals surface area contributed by atoms with Gasteiger partial charge in [0.25, 0.3) is 0 Å². The van der Waals surface area contributed by atoms with Gasteiger partial charge in [0, 0.05) is 32.9 Å². The van der Waals surface area contributed by atoms with Crippen molar-refractivity contribution in [3.05, 3.63) is 127 Å². The Bertz CT molecular complexity index is 2270. The van der Waals surface area contributed by atoms with Gasteiger partial charge in [0.05, 0.1) is 5.69 Å². The fourth-order valence-electron chi connectivity index (χ4n) is 7.24. The van der Waals surface area contributed by atoms with E-state index < -0.39 is 0 Å². The predicted molar refractivity (Wildman–Crippen MR) is 174 cm³/mol. The highest BCUT2D eigenvalue weighted by Gasteiger charge is 2.24. The van der Waals surface area contributed by atoms with Gasteiger partial charge in [0.2, 0.25) is 0 Å². The van der Waals surface area contributed by atoms with Crippen molar-refractivity contribution in [1.29, 1.82) is 0 Å². The fraction of sp³-hybridized carbons (Fsp3) is 0.128. The van der Waals surface area contributed by atoms with E-state index in [2.05, 4.69) is 126 Å². The summed E-state index contributed by atoms with van der Waals surface area (Å²) in [4.78, 5) is 2.32. The van der Waals surface area contributed by atoms with E-state index in [0.717, 1.165) is 55.6 Å². The Hall–Kier alpha value is -5.02. The number of para-hydroxylation sites is 3. The third-order valence-electron chi connectivity index (χ3n) is 9.19. The third kappa shape index (κ3) is 3.53. The summed E-state index contributed by atoms with van der Waals surface area (Å²) in [5, 5.41) is 7.04. The summed E-state index contributed by atoms with van der Waals surface area (Å²) >= 11 is 0. The Kier molecular flexibility index (Phi) is 5.21. The third-order valence-corrected chi connectivity index (χ3v) is 9.19. The lowest BCUT2D eigenvalue weighted by Gasteiger charge is -2.25. The van der Waals surface area contributed by atoms with Gasteiger partial charge in [-0.1, -0.05) is 91.7 Å². The Morgan fingerprint density at radius 3 is 2.14 bits per heavy atom. The molecule has 0 atom stereocenters. The second kappa shape index (κ2) is 9.25. The monoisotopic (exact) mass is 543 g/mol. The maximum absolute atomic E-state index is 6.89. The normalized spacial score (nSPS) is 14.2. The van der Waals surface area contributed by atoms with E-state index in [1.165, 1.54) is 47.4 Å². The van der Waals surface area contributed by atoms with Gasteiger partial charge in [-0.05, 0) is 77.6 Å². The molecule has 1 fully saturated rings. The van der Waals surface area contributed by atoms with E-state index in [1.807, 2.05) is 0 Å². The van der Waals surface area contributed by atoms with Crippen LogP contribution in [0.25, 0.3) is 54.6 Å². The van der Waals surface area contributed by atoms with Crippen LogP contribution < -0.4 is 4.90 Å². The minimum Gasteiger partial charge on any atom is -0.456 e. The van der Waals surface area contributed by atoms with Gasteiger partial charge in [0.1, 0.15) is 16.7 Å². The first-order chi connectivity index (χ1) is 20.8. The number of furan rings is 2. The molecular formula is C39H29NO2. The topological polar surface area (TPSA) is 29.5 Å². The lowest BCUT2D eigenvalue weighted by atomic mass is 9.95. The molecule has 2 heterocycles. The van der Waals surface area contributed by atoms with E-state index in [4.69, 9.17) is 8.83 Å². The van der Waals surface area contributed by atoms with Crippen LogP contribution in [0.1, 0.15) is 37.2 Å². The molecule has 2 aromatic heterocycles. The van der Waals surface area contributed by atoms with Crippen molar-refractivity contribution in [2.45, 2.75) is 31.6 Å². The summed E-state index contributed by atoms with van der Waals surface area (Å²) in [6, 6.07) is 43.1. The highest BCUT2D eigenvalue weighted by molar-refractivity contribution is 6.19. The van der Waals surface area contributed by atoms with E-state index >= 15 is 0 Å². The Morgan fingerprint density at radius 1 is 0.524 bits per heavy atom. The van der Waals surface area contributed by atoms with Gasteiger partial charge in [-0.25, -0.2) is 0 Å². The molecule has 202 valence electrons. The summed E-state index contributed by atoms with van der Waals surface area (Å²) in [5.41, 5.74) is 8.30. The molecular weight excluding hydrogens is 514 g/mol. The molecule has 1 aliphatic carbocycles. The molecule has 0 amide bonds. The molecule has 8 aromatic rings. The van der Waals surface area contributed by atoms with Crippen molar-refractivity contribution in [2.75, 3.05) is 4.90 Å². The number of fused-ring (bicyclic) bond motifs is 8. The maximum atomic E-state index is 6.89. The molecule has 0 spiro atoms. The summed E-state index contributed by atoms with van der Waals surface area (Å²) in [7, 11) is 0. The molecule has 3 heteroatoms. The largest absolute Gasteiger partial charge is 0.456 e. The molecule has 9 rings (SSSR count). The van der Waals surface area contributed by atoms with Crippen molar-refractivity contribution in [2.24, 2.45) is 0 Å². The minimum absolute atomic E-state index is 0.578. The molecule has 0 saturated heterocycles. The first kappa shape index (κ1) is 23.7. The van der Waals surface area contributed by atoms with E-state index in [-0.39, 0.29) is 0 Å². The van der Waals surface area contributed by atoms with E-state index in [0.29, 0.717) is 5.92 Å². The fourth-order valence-corrected chi connectivity index (χ4v) is 7.24. The van der Waals surface area contributed by atoms with Gasteiger partial charge in [-0.15, -0.1) is 0 Å². The number of rotatable bonds is 4. The lowest BCUT2D eigenvalue weighted by molar-refractivity contribution is 0.643. The maximum Gasteiger partial charge on any atom is 0.159 e. The standard InChI is InChI=1S/C39H29NO2/c1-2-13-27(14-3-1)40(28-21-23-35-33(24-28)37-29-15-7-6-12-26(29)20-22-36(37)41-35)34-19-9-18-32-31-17-8-16-30(25-10-4-5-11-25)38(31)42-39(32)34/h1-3,6-9,12-25H,4-5,10-11H2. The molecule has 6 aromatic carbocycles. The van der Waals surface area contributed by atoms with Gasteiger partial charge < -0.3 is 13.7 Å². The van der Waals surface area contributed by atoms with Gasteiger partial charge in [-0.3, -0.25) is 0 Å². The van der Waals surface area contributed by atoms with Crippen molar-refractivity contribution in [3.63, 3.8) is 0 Å². The number of anilines is 3. The average molecular weight is 544 g/mol. The quantitative estimate of drug-likeness (QED) is 0.221. The molecule has 1 aliphatic rings. The zero-order valence-corrected chi connectivity index (χ0v) is 23.2. The Balaban J connectivity index is 1.31. The lowest BCUT2D eigenvalue weighted by Crippen LogP contribution is -2.10. The second-order valence-electron chi connectivity index (χ2n) is 11.6. The molecule has 1 saturated carbocycles. The summed E-state index contributed by atoms with van der Waals surface area (Å²) in [6.45, 7) is 0. The molecule has 0 radical (unpaired) electrons. The smallest absolute Gasteiger partial charge is 0.159 e. The molecule has 0 N–H and O–H groups in total. The van der Waals surface area contributed by atoms with E-state index in [9.17, 15) is 0 Å². The van der Waals surface area contributed by atoms with Crippen LogP contribution in [0.4, 0.5) is 17.1 Å². The molecule has 0 unspecified atom stereocenters. The zero-order chi connectivity index (χ0) is 27.6. The van der Waals surface area contributed by atoms with Crippen LogP contribution in [0.3, 0.4) is 0 Å². The number of nitrogens with zero attached hydrogens (tertiary/aromatic N) is 1. The summed E-state index contributed by atoms with van der Waals surface area (Å²) in [6.07, 6.45) is 5.09. The van der Waals surface area contributed by atoms with Gasteiger partial charge >= 0.3 is 0 Å². The van der Waals surface area contributed by atoms with Crippen LogP contribution >= 0.6 is 0 Å². The van der Waals surface area contributed by atoms with Crippen LogP contribution in [0.15, 0.2) is 130 Å². The highest BCUT2D eigenvalue weighted by atomic mass is 16.3. The number of benzene rings is 6. The molecule has 3 nitrogen and oxygen atoms in total. The first-order valence-corrected chi connectivity index (χ1v) is 15.0. The first-order valence-electron chi connectivity index (χ1n) is 15.0. The Morgan fingerprint density at radius 2 is 1.26 bits per heavy atom. The van der Waals surface area contributed by atoms with Crippen LogP contribution in [-0.4, -0.2) is 0 Å². The van der Waals surface area contributed by atoms with Gasteiger partial charge in [-0.2, -0.15) is 0 Å². The summed E-state index contributed by atoms with van der Waals surface area (Å²) in [5.74, 6) is 0.578. The molecule has 0 aliphatic heterocycles. The van der Waals surface area contributed by atoms with E-state index in [1.54, 1.807) is 0 Å². The van der Waals surface area contributed by atoms with Crippen molar-refractivity contribution in [1.82, 2.24) is 0 Å². The second-order valence-corrected chi connectivity index (χ2v) is 11.6. The number of hydrogen-bond acceptors (Lipinski definition) is 3. The predicted octanol–water partition coefficient (Wildman–Crippen LogP) is 11.8. The highest BCUT2D eigenvalue weighted by Crippen LogP contribution is 2.46. The van der Waals surface area contributed by atoms with Crippen molar-refractivity contribution >= 4 is 71.7 Å². The zero-order valence-electron chi connectivity index (χ0n) is 23.2. The van der Waals surface area contributed by atoms with Crippen LogP contribution in [-0.2, 0) is 0 Å². The Labute approximate surface area is 243 Å². The SMILES string of the molecule is c1ccc(N(c2ccc3oc4ccc5ccccc5c4c3c2)c2cccc3c2oc2c(C4CCCC4)cccc23)cc1. The van der Waals surface area contributed by atoms with Crippen LogP contribution in [0.2, 0.25) is 0 Å². The van der Waals surface area contributed by atoms with Crippen molar-refractivity contribution < 1.29 is 8.83 Å². The molecule has 42 heavy (non-hydrogen) atoms. The van der Waals surface area contributed by atoms with Crippen LogP contribution in [0, 0.1) is 0 Å². The average Bonchev–Trinajstić information content (AvgIpc) is 3.79.